The van der Waals surface area contributed by atoms with E-state index >= 15 is 0 Å². The number of nitrogens with one attached hydrogen (secondary N) is 1. The van der Waals surface area contributed by atoms with Crippen LogP contribution < -0.4 is 5.56 Å². The van der Waals surface area contributed by atoms with Crippen LogP contribution >= 0.6 is 0 Å². The van der Waals surface area contributed by atoms with Gasteiger partial charge in [-0.15, -0.1) is 0 Å². The first kappa shape index (κ1) is 15.1. The molecule has 0 aliphatic rings. The Kier molecular flexibility index (Phi) is 3.53. The lowest BCUT2D eigenvalue weighted by Crippen LogP contribution is -2.16. The molecule has 25 heavy (non-hydrogen) atoms. The van der Waals surface area contributed by atoms with Crippen molar-refractivity contribution in [3.05, 3.63) is 82.3 Å². The lowest BCUT2D eigenvalue weighted by molar-refractivity contribution is 0.428. The summed E-state index contributed by atoms with van der Waals surface area (Å²) in [6, 6.07) is 9.36. The molecular weight excluding hydrogens is 323 g/mol. The fraction of sp³-hybridized carbons (Fsp3) is 0.0556. The molecule has 3 aromatic heterocycles. The first-order valence-electron chi connectivity index (χ1n) is 7.60. The molecule has 1 aromatic carbocycles. The standard InChI is InChI=1S/C18H13FN4O2/c19-13-3-1-11(2-4-13)9-14-17(24)22-16-15(10-21-23(16)18(14)25)12-5-7-20-8-6-12/h1-8,10,25H,9H2,(H,22,24). The average molecular weight is 336 g/mol. The van der Waals surface area contributed by atoms with Crippen LogP contribution in [-0.4, -0.2) is 24.7 Å². The van der Waals surface area contributed by atoms with E-state index in [0.29, 0.717) is 16.8 Å². The van der Waals surface area contributed by atoms with Crippen molar-refractivity contribution in [2.75, 3.05) is 0 Å². The summed E-state index contributed by atoms with van der Waals surface area (Å²) in [6.07, 6.45) is 5.02. The zero-order valence-corrected chi connectivity index (χ0v) is 13.0. The van der Waals surface area contributed by atoms with Crippen molar-refractivity contribution in [3.63, 3.8) is 0 Å². The maximum Gasteiger partial charge on any atom is 0.258 e. The number of hydrogen-bond acceptors (Lipinski definition) is 4. The van der Waals surface area contributed by atoms with Crippen LogP contribution in [0.4, 0.5) is 4.39 Å². The molecule has 0 spiro atoms. The van der Waals surface area contributed by atoms with E-state index in [1.807, 2.05) is 0 Å². The van der Waals surface area contributed by atoms with Gasteiger partial charge in [0.05, 0.1) is 11.8 Å². The average Bonchev–Trinajstić information content (AvgIpc) is 3.05. The summed E-state index contributed by atoms with van der Waals surface area (Å²) < 4.78 is 14.3. The Hall–Kier alpha value is -3.48. The van der Waals surface area contributed by atoms with Gasteiger partial charge in [0.2, 0.25) is 5.88 Å². The first-order valence-corrected chi connectivity index (χ1v) is 7.60. The Morgan fingerprint density at radius 1 is 1.12 bits per heavy atom. The molecule has 0 saturated heterocycles. The van der Waals surface area contributed by atoms with E-state index in [1.165, 1.54) is 16.6 Å². The number of rotatable bonds is 3. The number of aromatic hydroxyl groups is 1. The van der Waals surface area contributed by atoms with Crippen molar-refractivity contribution in [2.24, 2.45) is 0 Å². The number of pyridine rings is 1. The molecular formula is C18H13FN4O2. The number of hydrogen-bond donors (Lipinski definition) is 2. The molecule has 0 bridgehead atoms. The molecule has 0 aliphatic carbocycles. The van der Waals surface area contributed by atoms with Gasteiger partial charge in [-0.05, 0) is 35.4 Å². The molecule has 3 heterocycles. The van der Waals surface area contributed by atoms with Gasteiger partial charge in [0.1, 0.15) is 11.5 Å². The van der Waals surface area contributed by atoms with Crippen molar-refractivity contribution < 1.29 is 9.50 Å². The Morgan fingerprint density at radius 3 is 2.56 bits per heavy atom. The minimum atomic E-state index is -0.412. The number of benzene rings is 1. The highest BCUT2D eigenvalue weighted by atomic mass is 19.1. The van der Waals surface area contributed by atoms with E-state index < -0.39 is 5.56 Å². The first-order chi connectivity index (χ1) is 12.1. The molecule has 6 nitrogen and oxygen atoms in total. The monoisotopic (exact) mass is 336 g/mol. The maximum atomic E-state index is 13.0. The van der Waals surface area contributed by atoms with Crippen LogP contribution in [0, 0.1) is 5.82 Å². The van der Waals surface area contributed by atoms with Gasteiger partial charge in [0, 0.05) is 24.4 Å². The maximum absolute atomic E-state index is 13.0. The van der Waals surface area contributed by atoms with E-state index in [9.17, 15) is 14.3 Å². The summed E-state index contributed by atoms with van der Waals surface area (Å²) in [6.45, 7) is 0. The quantitative estimate of drug-likeness (QED) is 0.602. The smallest absolute Gasteiger partial charge is 0.258 e. The van der Waals surface area contributed by atoms with Gasteiger partial charge in [-0.2, -0.15) is 9.61 Å². The number of fused-ring (bicyclic) bond motifs is 1. The van der Waals surface area contributed by atoms with Crippen molar-refractivity contribution in [1.29, 1.82) is 0 Å². The van der Waals surface area contributed by atoms with Crippen LogP contribution in [0.3, 0.4) is 0 Å². The van der Waals surface area contributed by atoms with Crippen LogP contribution in [0.15, 0.2) is 59.8 Å². The molecule has 0 saturated carbocycles. The zero-order valence-electron chi connectivity index (χ0n) is 13.0. The summed E-state index contributed by atoms with van der Waals surface area (Å²) >= 11 is 0. The van der Waals surface area contributed by atoms with Crippen LogP contribution in [0.5, 0.6) is 5.88 Å². The molecule has 0 radical (unpaired) electrons. The molecule has 2 N–H and O–H groups in total. The number of halogens is 1. The Morgan fingerprint density at radius 2 is 1.84 bits per heavy atom. The van der Waals surface area contributed by atoms with Gasteiger partial charge in [-0.1, -0.05) is 12.1 Å². The third kappa shape index (κ3) is 2.65. The highest BCUT2D eigenvalue weighted by molar-refractivity contribution is 5.77. The van der Waals surface area contributed by atoms with Crippen LogP contribution in [0.25, 0.3) is 16.8 Å². The number of aromatic amines is 1. The second-order valence-corrected chi connectivity index (χ2v) is 5.61. The van der Waals surface area contributed by atoms with E-state index in [-0.39, 0.29) is 23.7 Å². The van der Waals surface area contributed by atoms with E-state index in [2.05, 4.69) is 15.1 Å². The molecule has 0 unspecified atom stereocenters. The largest absolute Gasteiger partial charge is 0.493 e. The topological polar surface area (TPSA) is 83.3 Å². The van der Waals surface area contributed by atoms with Crippen molar-refractivity contribution in [3.8, 4) is 17.0 Å². The van der Waals surface area contributed by atoms with E-state index in [1.54, 1.807) is 42.9 Å². The summed E-state index contributed by atoms with van der Waals surface area (Å²) in [4.78, 5) is 19.2. The van der Waals surface area contributed by atoms with Gasteiger partial charge in [-0.3, -0.25) is 9.78 Å². The highest BCUT2D eigenvalue weighted by Crippen LogP contribution is 2.25. The molecule has 4 aromatic rings. The molecule has 0 aliphatic heterocycles. The van der Waals surface area contributed by atoms with Crippen molar-refractivity contribution in [2.45, 2.75) is 6.42 Å². The van der Waals surface area contributed by atoms with Gasteiger partial charge in [0.25, 0.3) is 5.56 Å². The summed E-state index contributed by atoms with van der Waals surface area (Å²) in [5, 5.41) is 14.7. The third-order valence-corrected chi connectivity index (χ3v) is 4.03. The predicted molar refractivity (Wildman–Crippen MR) is 89.9 cm³/mol. The Balaban J connectivity index is 1.83. The van der Waals surface area contributed by atoms with Crippen molar-refractivity contribution in [1.82, 2.24) is 19.6 Å². The summed E-state index contributed by atoms with van der Waals surface area (Å²) in [5.74, 6) is -0.588. The van der Waals surface area contributed by atoms with E-state index in [0.717, 1.165) is 5.56 Å². The fourth-order valence-electron chi connectivity index (χ4n) is 2.75. The Bertz CT molecular complexity index is 1100. The molecule has 0 atom stereocenters. The second kappa shape index (κ2) is 5.86. The lowest BCUT2D eigenvalue weighted by Gasteiger charge is -2.07. The molecule has 4 rings (SSSR count). The molecule has 0 amide bonds. The van der Waals surface area contributed by atoms with Gasteiger partial charge in [-0.25, -0.2) is 4.39 Å². The zero-order chi connectivity index (χ0) is 17.4. The number of nitrogens with zero attached hydrogens (tertiary/aromatic N) is 3. The number of H-pyrrole nitrogens is 1. The minimum Gasteiger partial charge on any atom is -0.493 e. The predicted octanol–water partition coefficient (Wildman–Crippen LogP) is 2.52. The van der Waals surface area contributed by atoms with Gasteiger partial charge >= 0.3 is 0 Å². The van der Waals surface area contributed by atoms with Crippen molar-refractivity contribution >= 4 is 5.65 Å². The lowest BCUT2D eigenvalue weighted by atomic mass is 10.1. The highest BCUT2D eigenvalue weighted by Gasteiger charge is 2.16. The summed E-state index contributed by atoms with van der Waals surface area (Å²) in [7, 11) is 0. The van der Waals surface area contributed by atoms with Gasteiger partial charge < -0.3 is 10.1 Å². The summed E-state index contributed by atoms with van der Waals surface area (Å²) in [5.41, 5.74) is 2.38. The van der Waals surface area contributed by atoms with E-state index in [4.69, 9.17) is 0 Å². The third-order valence-electron chi connectivity index (χ3n) is 4.03. The molecule has 0 fully saturated rings. The Labute approximate surface area is 141 Å². The van der Waals surface area contributed by atoms with Crippen LogP contribution in [0.1, 0.15) is 11.1 Å². The van der Waals surface area contributed by atoms with Gasteiger partial charge in [0.15, 0.2) is 0 Å². The fourth-order valence-corrected chi connectivity index (χ4v) is 2.75. The minimum absolute atomic E-state index is 0.168. The SMILES string of the molecule is O=c1[nH]c2c(-c3ccncc3)cnn2c(O)c1Cc1ccc(F)cc1. The second-order valence-electron chi connectivity index (χ2n) is 5.61. The van der Waals surface area contributed by atoms with Crippen LogP contribution in [-0.2, 0) is 6.42 Å². The number of aromatic nitrogens is 4. The van der Waals surface area contributed by atoms with Crippen LogP contribution in [0.2, 0.25) is 0 Å². The normalized spacial score (nSPS) is 11.1. The molecule has 124 valence electrons. The molecule has 7 heteroatoms.